The van der Waals surface area contributed by atoms with Crippen molar-refractivity contribution in [3.05, 3.63) is 35.9 Å². The molecule has 3 nitrogen and oxygen atoms in total. The quantitative estimate of drug-likeness (QED) is 0.724. The number of rotatable bonds is 1. The molecule has 0 aliphatic heterocycles. The normalized spacial score (nSPS) is 10.7. The predicted molar refractivity (Wildman–Crippen MR) is 46.3 cm³/mol. The zero-order valence-corrected chi connectivity index (χ0v) is 7.71. The van der Waals surface area contributed by atoms with Crippen molar-refractivity contribution in [3.8, 4) is 11.4 Å². The Morgan fingerprint density at radius 3 is 2.20 bits per heavy atom. The van der Waals surface area contributed by atoms with Crippen LogP contribution < -0.4 is 0 Å². The molecule has 1 aromatic carbocycles. The maximum Gasteiger partial charge on any atom is 0.187 e. The van der Waals surface area contributed by atoms with Gasteiger partial charge in [-0.05, 0) is 0 Å². The maximum absolute atomic E-state index is 13.2. The second kappa shape index (κ2) is 3.38. The molecule has 0 spiro atoms. The summed E-state index contributed by atoms with van der Waals surface area (Å²) in [5.41, 5.74) is -0.419. The van der Waals surface area contributed by atoms with Gasteiger partial charge >= 0.3 is 0 Å². The van der Waals surface area contributed by atoms with Gasteiger partial charge in [-0.25, -0.2) is 18.2 Å². The largest absolute Gasteiger partial charge is 0.255 e. The van der Waals surface area contributed by atoms with E-state index >= 15 is 0 Å². The minimum Gasteiger partial charge on any atom is -0.255 e. The molecule has 0 saturated heterocycles. The summed E-state index contributed by atoms with van der Waals surface area (Å²) in [5.74, 6) is -3.10. The van der Waals surface area contributed by atoms with Crippen LogP contribution in [-0.2, 0) is 7.05 Å². The summed E-state index contributed by atoms with van der Waals surface area (Å²) in [4.78, 5) is 3.69. The third-order valence-corrected chi connectivity index (χ3v) is 1.83. The number of aromatic nitrogens is 3. The van der Waals surface area contributed by atoms with Crippen molar-refractivity contribution in [2.45, 2.75) is 0 Å². The maximum atomic E-state index is 13.2. The zero-order valence-electron chi connectivity index (χ0n) is 7.71. The molecule has 1 aromatic heterocycles. The van der Waals surface area contributed by atoms with E-state index in [-0.39, 0.29) is 5.82 Å². The van der Waals surface area contributed by atoms with Crippen LogP contribution in [0.15, 0.2) is 18.5 Å². The van der Waals surface area contributed by atoms with Crippen molar-refractivity contribution < 1.29 is 13.2 Å². The van der Waals surface area contributed by atoms with Gasteiger partial charge in [-0.1, -0.05) is 0 Å². The van der Waals surface area contributed by atoms with Gasteiger partial charge in [-0.3, -0.25) is 4.68 Å². The van der Waals surface area contributed by atoms with Gasteiger partial charge in [0.1, 0.15) is 23.8 Å². The first-order valence-electron chi connectivity index (χ1n) is 4.08. The summed E-state index contributed by atoms with van der Waals surface area (Å²) in [5, 5.41) is 3.74. The van der Waals surface area contributed by atoms with Crippen molar-refractivity contribution in [1.82, 2.24) is 14.8 Å². The lowest BCUT2D eigenvalue weighted by Gasteiger charge is -2.00. The fourth-order valence-electron chi connectivity index (χ4n) is 1.21. The lowest BCUT2D eigenvalue weighted by atomic mass is 10.2. The van der Waals surface area contributed by atoms with E-state index < -0.39 is 23.0 Å². The third-order valence-electron chi connectivity index (χ3n) is 1.83. The lowest BCUT2D eigenvalue weighted by Crippen LogP contribution is -1.95. The Hall–Kier alpha value is -1.85. The molecule has 2 aromatic rings. The summed E-state index contributed by atoms with van der Waals surface area (Å²) >= 11 is 0. The van der Waals surface area contributed by atoms with E-state index in [9.17, 15) is 13.2 Å². The predicted octanol–water partition coefficient (Wildman–Crippen LogP) is 1.90. The minimum atomic E-state index is -1.02. The van der Waals surface area contributed by atoms with Crippen LogP contribution in [0.1, 0.15) is 0 Å². The number of hydrogen-bond donors (Lipinski definition) is 0. The zero-order chi connectivity index (χ0) is 11.0. The van der Waals surface area contributed by atoms with Gasteiger partial charge in [0.25, 0.3) is 0 Å². The first-order chi connectivity index (χ1) is 7.08. The highest BCUT2D eigenvalue weighted by molar-refractivity contribution is 5.56. The molecule has 15 heavy (non-hydrogen) atoms. The summed E-state index contributed by atoms with van der Waals surface area (Å²) in [6.07, 6.45) is 1.30. The highest BCUT2D eigenvalue weighted by Gasteiger charge is 2.16. The van der Waals surface area contributed by atoms with Crippen molar-refractivity contribution in [2.75, 3.05) is 0 Å². The van der Waals surface area contributed by atoms with E-state index in [1.807, 2.05) is 0 Å². The molecular weight excluding hydrogens is 207 g/mol. The molecule has 0 atom stereocenters. The minimum absolute atomic E-state index is 0.104. The number of halogens is 3. The molecule has 0 amide bonds. The highest BCUT2D eigenvalue weighted by Crippen LogP contribution is 2.23. The van der Waals surface area contributed by atoms with Crippen molar-refractivity contribution in [3.63, 3.8) is 0 Å². The number of benzene rings is 1. The van der Waals surface area contributed by atoms with Crippen molar-refractivity contribution in [1.29, 1.82) is 0 Å². The molecule has 1 heterocycles. The SMILES string of the molecule is Cn1cnc(-c2c(F)cc(F)cc2F)n1. The van der Waals surface area contributed by atoms with Crippen LogP contribution in [0.25, 0.3) is 11.4 Å². The molecule has 0 bridgehead atoms. The highest BCUT2D eigenvalue weighted by atomic mass is 19.1. The average Bonchev–Trinajstić information content (AvgIpc) is 2.49. The molecule has 2 rings (SSSR count). The van der Waals surface area contributed by atoms with Crippen molar-refractivity contribution >= 4 is 0 Å². The van der Waals surface area contributed by atoms with Gasteiger partial charge in [0.2, 0.25) is 0 Å². The molecule has 0 radical (unpaired) electrons. The lowest BCUT2D eigenvalue weighted by molar-refractivity contribution is 0.546. The summed E-state index contributed by atoms with van der Waals surface area (Å²) in [6, 6.07) is 1.18. The summed E-state index contributed by atoms with van der Waals surface area (Å²) in [7, 11) is 1.57. The van der Waals surface area contributed by atoms with Gasteiger partial charge in [-0.15, -0.1) is 0 Å². The standard InChI is InChI=1S/C9H6F3N3/c1-15-4-13-9(14-15)8-6(11)2-5(10)3-7(8)12/h2-4H,1H3. The van der Waals surface area contributed by atoms with E-state index in [1.54, 1.807) is 7.05 Å². The number of nitrogens with zero attached hydrogens (tertiary/aromatic N) is 3. The second-order valence-electron chi connectivity index (χ2n) is 2.99. The topological polar surface area (TPSA) is 30.7 Å². The molecule has 0 aliphatic rings. The van der Waals surface area contributed by atoms with Gasteiger partial charge < -0.3 is 0 Å². The molecule has 6 heteroatoms. The smallest absolute Gasteiger partial charge is 0.187 e. The van der Waals surface area contributed by atoms with Gasteiger partial charge in [0.05, 0.1) is 5.56 Å². The van der Waals surface area contributed by atoms with Crippen LogP contribution in [-0.4, -0.2) is 14.8 Å². The van der Waals surface area contributed by atoms with Gasteiger partial charge in [0, 0.05) is 19.2 Å². The van der Waals surface area contributed by atoms with Crippen LogP contribution in [0.4, 0.5) is 13.2 Å². The monoisotopic (exact) mass is 213 g/mol. The first kappa shape index (κ1) is 9.70. The second-order valence-corrected chi connectivity index (χ2v) is 2.99. The third kappa shape index (κ3) is 1.70. The van der Waals surface area contributed by atoms with Crippen LogP contribution in [0.5, 0.6) is 0 Å². The number of hydrogen-bond acceptors (Lipinski definition) is 2. The molecule has 0 N–H and O–H groups in total. The summed E-state index contributed by atoms with van der Waals surface area (Å²) in [6.45, 7) is 0. The van der Waals surface area contributed by atoms with E-state index in [4.69, 9.17) is 0 Å². The first-order valence-corrected chi connectivity index (χ1v) is 4.08. The summed E-state index contributed by atoms with van der Waals surface area (Å²) < 4.78 is 40.4. The van der Waals surface area contributed by atoms with Crippen molar-refractivity contribution in [2.24, 2.45) is 7.05 Å². The number of aryl methyl sites for hydroxylation is 1. The molecule has 0 aliphatic carbocycles. The Balaban J connectivity index is 2.62. The molecule has 0 fully saturated rings. The fourth-order valence-corrected chi connectivity index (χ4v) is 1.21. The Bertz CT molecular complexity index is 484. The Labute approximate surface area is 83.2 Å². The Morgan fingerprint density at radius 2 is 1.73 bits per heavy atom. The van der Waals surface area contributed by atoms with Crippen LogP contribution >= 0.6 is 0 Å². The molecule has 0 saturated carbocycles. The molecular formula is C9H6F3N3. The van der Waals surface area contributed by atoms with Gasteiger partial charge in [-0.2, -0.15) is 5.10 Å². The average molecular weight is 213 g/mol. The fraction of sp³-hybridized carbons (Fsp3) is 0.111. The van der Waals surface area contributed by atoms with Crippen LogP contribution in [0.2, 0.25) is 0 Å². The van der Waals surface area contributed by atoms with E-state index in [0.29, 0.717) is 12.1 Å². The van der Waals surface area contributed by atoms with E-state index in [2.05, 4.69) is 10.1 Å². The van der Waals surface area contributed by atoms with Crippen LogP contribution in [0.3, 0.4) is 0 Å². The van der Waals surface area contributed by atoms with Crippen LogP contribution in [0, 0.1) is 17.5 Å². The van der Waals surface area contributed by atoms with E-state index in [1.165, 1.54) is 11.0 Å². The Morgan fingerprint density at radius 1 is 1.13 bits per heavy atom. The van der Waals surface area contributed by atoms with Gasteiger partial charge in [0.15, 0.2) is 5.82 Å². The van der Waals surface area contributed by atoms with E-state index in [0.717, 1.165) is 0 Å². The molecule has 78 valence electrons. The Kier molecular flexibility index (Phi) is 2.18. The molecule has 0 unspecified atom stereocenters.